The van der Waals surface area contributed by atoms with Crippen LogP contribution in [0, 0.1) is 5.41 Å². The number of nitrogens with one attached hydrogen (secondary N) is 1. The van der Waals surface area contributed by atoms with Gasteiger partial charge in [-0.2, -0.15) is 9.61 Å². The summed E-state index contributed by atoms with van der Waals surface area (Å²) in [5, 5.41) is 13.1. The first kappa shape index (κ1) is 29.7. The SMILES string of the molecule is C[C@@H](Nc1nc2c(Br)cccc2c2nc(-c3cnn(C)c3)nn12)C(=O)N1CCN(C(=O)OC(C)(C)C)C(C(C)(C)C)C1. The highest BCUT2D eigenvalue weighted by Crippen LogP contribution is 2.31. The lowest BCUT2D eigenvalue weighted by Gasteiger charge is -2.47. The molecule has 1 aromatic carbocycles. The molecule has 42 heavy (non-hydrogen) atoms. The van der Waals surface area contributed by atoms with Gasteiger partial charge in [0.2, 0.25) is 11.9 Å². The van der Waals surface area contributed by atoms with Crippen LogP contribution in [0.25, 0.3) is 27.9 Å². The normalized spacial score (nSPS) is 17.1. The number of aromatic nitrogens is 6. The van der Waals surface area contributed by atoms with Crippen LogP contribution in [-0.2, 0) is 16.6 Å². The second kappa shape index (κ2) is 10.8. The zero-order chi connectivity index (χ0) is 30.6. The van der Waals surface area contributed by atoms with Crippen LogP contribution in [0.5, 0.6) is 0 Å². The summed E-state index contributed by atoms with van der Waals surface area (Å²) in [6, 6.07) is 4.95. The Morgan fingerprint density at radius 2 is 1.86 bits per heavy atom. The largest absolute Gasteiger partial charge is 0.444 e. The fraction of sp³-hybridized carbons (Fsp3) is 0.517. The van der Waals surface area contributed by atoms with Gasteiger partial charge in [0, 0.05) is 42.7 Å². The number of ether oxygens (including phenoxy) is 1. The number of amides is 2. The van der Waals surface area contributed by atoms with E-state index >= 15 is 0 Å². The van der Waals surface area contributed by atoms with E-state index in [0.29, 0.717) is 42.6 Å². The Morgan fingerprint density at radius 3 is 2.50 bits per heavy atom. The van der Waals surface area contributed by atoms with Crippen molar-refractivity contribution in [1.29, 1.82) is 0 Å². The van der Waals surface area contributed by atoms with Gasteiger partial charge < -0.3 is 19.9 Å². The summed E-state index contributed by atoms with van der Waals surface area (Å²) in [7, 11) is 1.84. The molecular weight excluding hydrogens is 602 g/mol. The number of fused-ring (bicyclic) bond motifs is 3. The molecule has 1 aliphatic heterocycles. The monoisotopic (exact) mass is 639 g/mol. The molecule has 13 heteroatoms. The molecule has 0 bridgehead atoms. The molecular formula is C29H38BrN9O3. The smallest absolute Gasteiger partial charge is 0.410 e. The Hall–Kier alpha value is -3.74. The molecule has 1 fully saturated rings. The number of piperazine rings is 1. The summed E-state index contributed by atoms with van der Waals surface area (Å²) >= 11 is 3.61. The molecule has 5 rings (SSSR count). The highest BCUT2D eigenvalue weighted by molar-refractivity contribution is 9.10. The number of carbonyl (C=O) groups excluding carboxylic acids is 2. The van der Waals surface area contributed by atoms with Crippen molar-refractivity contribution in [1.82, 2.24) is 39.2 Å². The van der Waals surface area contributed by atoms with Gasteiger partial charge in [-0.3, -0.25) is 9.48 Å². The summed E-state index contributed by atoms with van der Waals surface area (Å²) < 4.78 is 9.83. The first-order valence-electron chi connectivity index (χ1n) is 14.0. The highest BCUT2D eigenvalue weighted by atomic mass is 79.9. The summed E-state index contributed by atoms with van der Waals surface area (Å²) in [5.41, 5.74) is 1.22. The van der Waals surface area contributed by atoms with Crippen LogP contribution in [0.4, 0.5) is 10.7 Å². The molecule has 1 saturated heterocycles. The molecule has 0 aliphatic carbocycles. The van der Waals surface area contributed by atoms with E-state index in [1.807, 2.05) is 64.0 Å². The molecule has 12 nitrogen and oxygen atoms in total. The van der Waals surface area contributed by atoms with Crippen molar-refractivity contribution in [3.05, 3.63) is 35.1 Å². The number of aryl methyl sites for hydroxylation is 1. The molecule has 0 spiro atoms. The number of para-hydroxylation sites is 1. The zero-order valence-corrected chi connectivity index (χ0v) is 26.9. The second-order valence-electron chi connectivity index (χ2n) is 12.9. The van der Waals surface area contributed by atoms with E-state index in [-0.39, 0.29) is 23.5 Å². The quantitative estimate of drug-likeness (QED) is 0.340. The van der Waals surface area contributed by atoms with Gasteiger partial charge in [-0.15, -0.1) is 5.10 Å². The van der Waals surface area contributed by atoms with Gasteiger partial charge in [0.1, 0.15) is 11.6 Å². The molecule has 224 valence electrons. The predicted octanol–water partition coefficient (Wildman–Crippen LogP) is 4.73. The van der Waals surface area contributed by atoms with Gasteiger partial charge in [0.15, 0.2) is 11.5 Å². The standard InChI is InChI=1S/C29H38BrN9O3/c1-17(25(40)37-12-13-38(21(16-37)28(2,3)4)27(41)42-29(5,6)7)32-26-33-22-19(10-9-11-20(22)30)24-34-23(35-39(24)26)18-14-31-36(8)15-18/h9-11,14-15,17,21H,12-13,16H2,1-8H3,(H,32,33)/t17-,21?/m1/s1. The van der Waals surface area contributed by atoms with Gasteiger partial charge in [0.05, 0.1) is 23.3 Å². The minimum absolute atomic E-state index is 0.0946. The van der Waals surface area contributed by atoms with Crippen molar-refractivity contribution in [3.8, 4) is 11.4 Å². The van der Waals surface area contributed by atoms with E-state index in [1.54, 1.807) is 20.3 Å². The molecule has 4 aromatic rings. The number of carbonyl (C=O) groups is 2. The molecule has 4 heterocycles. The van der Waals surface area contributed by atoms with E-state index in [0.717, 1.165) is 15.4 Å². The third kappa shape index (κ3) is 5.92. The second-order valence-corrected chi connectivity index (χ2v) is 13.7. The van der Waals surface area contributed by atoms with Crippen molar-refractivity contribution >= 4 is 50.4 Å². The third-order valence-electron chi connectivity index (χ3n) is 7.25. The average molecular weight is 641 g/mol. The summed E-state index contributed by atoms with van der Waals surface area (Å²) in [6.07, 6.45) is 3.20. The van der Waals surface area contributed by atoms with E-state index < -0.39 is 11.6 Å². The molecule has 2 atom stereocenters. The molecule has 1 N–H and O–H groups in total. The van der Waals surface area contributed by atoms with Gasteiger partial charge in [-0.25, -0.2) is 14.8 Å². The first-order valence-corrected chi connectivity index (χ1v) is 14.8. The summed E-state index contributed by atoms with van der Waals surface area (Å²) in [6.45, 7) is 14.8. The minimum atomic E-state index is -0.625. The van der Waals surface area contributed by atoms with E-state index in [4.69, 9.17) is 19.8 Å². The van der Waals surface area contributed by atoms with Crippen LogP contribution >= 0.6 is 15.9 Å². The molecule has 0 saturated carbocycles. The minimum Gasteiger partial charge on any atom is -0.444 e. The topological polar surface area (TPSA) is 123 Å². The maximum absolute atomic E-state index is 13.8. The molecule has 1 aliphatic rings. The fourth-order valence-electron chi connectivity index (χ4n) is 5.14. The lowest BCUT2D eigenvalue weighted by molar-refractivity contribution is -0.136. The fourth-order valence-corrected chi connectivity index (χ4v) is 5.60. The van der Waals surface area contributed by atoms with Gasteiger partial charge in [-0.1, -0.05) is 26.8 Å². The lowest BCUT2D eigenvalue weighted by atomic mass is 9.84. The van der Waals surface area contributed by atoms with Crippen molar-refractivity contribution in [2.75, 3.05) is 25.0 Å². The Balaban J connectivity index is 1.43. The Morgan fingerprint density at radius 1 is 1.12 bits per heavy atom. The van der Waals surface area contributed by atoms with Gasteiger partial charge >= 0.3 is 6.09 Å². The summed E-state index contributed by atoms with van der Waals surface area (Å²) in [4.78, 5) is 40.1. The molecule has 1 unspecified atom stereocenters. The number of rotatable bonds is 4. The number of anilines is 1. The average Bonchev–Trinajstić information content (AvgIpc) is 3.54. The Labute approximate surface area is 253 Å². The molecule has 3 aromatic heterocycles. The number of nitrogens with zero attached hydrogens (tertiary/aromatic N) is 8. The highest BCUT2D eigenvalue weighted by Gasteiger charge is 2.41. The zero-order valence-electron chi connectivity index (χ0n) is 25.3. The van der Waals surface area contributed by atoms with Crippen LogP contribution in [0.15, 0.2) is 35.1 Å². The molecule has 0 radical (unpaired) electrons. The van der Waals surface area contributed by atoms with Crippen LogP contribution in [-0.4, -0.2) is 88.5 Å². The summed E-state index contributed by atoms with van der Waals surface area (Å²) in [5.74, 6) is 0.807. The maximum Gasteiger partial charge on any atom is 0.410 e. The van der Waals surface area contributed by atoms with Gasteiger partial charge in [0.25, 0.3) is 0 Å². The number of hydrogen-bond acceptors (Lipinski definition) is 8. The van der Waals surface area contributed by atoms with Crippen molar-refractivity contribution in [3.63, 3.8) is 0 Å². The van der Waals surface area contributed by atoms with E-state index in [9.17, 15) is 9.59 Å². The van der Waals surface area contributed by atoms with Crippen LogP contribution in [0.1, 0.15) is 48.5 Å². The Bertz CT molecular complexity index is 1650. The van der Waals surface area contributed by atoms with Crippen LogP contribution in [0.2, 0.25) is 0 Å². The van der Waals surface area contributed by atoms with E-state index in [2.05, 4.69) is 47.1 Å². The number of benzene rings is 1. The first-order chi connectivity index (χ1) is 19.6. The van der Waals surface area contributed by atoms with Crippen LogP contribution < -0.4 is 5.32 Å². The number of halogens is 1. The lowest BCUT2D eigenvalue weighted by Crippen LogP contribution is -2.62. The van der Waals surface area contributed by atoms with Crippen molar-refractivity contribution in [2.24, 2.45) is 12.5 Å². The van der Waals surface area contributed by atoms with Gasteiger partial charge in [-0.05, 0) is 61.2 Å². The Kier molecular flexibility index (Phi) is 7.67. The van der Waals surface area contributed by atoms with Crippen molar-refractivity contribution < 1.29 is 14.3 Å². The van der Waals surface area contributed by atoms with Crippen molar-refractivity contribution in [2.45, 2.75) is 66.2 Å². The molecule has 2 amide bonds. The third-order valence-corrected chi connectivity index (χ3v) is 7.89. The van der Waals surface area contributed by atoms with Crippen LogP contribution in [0.3, 0.4) is 0 Å². The van der Waals surface area contributed by atoms with E-state index in [1.165, 1.54) is 0 Å². The predicted molar refractivity (Wildman–Crippen MR) is 164 cm³/mol. The number of hydrogen-bond donors (Lipinski definition) is 1. The maximum atomic E-state index is 13.8.